The first-order valence-corrected chi connectivity index (χ1v) is 11.3. The molecule has 1 aromatic heterocycles. The summed E-state index contributed by atoms with van der Waals surface area (Å²) in [6.07, 6.45) is 1.85. The van der Waals surface area contributed by atoms with Crippen LogP contribution in [0.1, 0.15) is 19.4 Å². The maximum atomic E-state index is 5.88. The van der Waals surface area contributed by atoms with Crippen LogP contribution in [0.4, 0.5) is 5.82 Å². The summed E-state index contributed by atoms with van der Waals surface area (Å²) in [5.41, 5.74) is 1.21. The molecule has 1 aromatic carbocycles. The number of nitrogens with one attached hydrogen (secondary N) is 1. The lowest BCUT2D eigenvalue weighted by atomic mass is 10.2. The molecule has 1 aliphatic heterocycles. The van der Waals surface area contributed by atoms with E-state index in [0.29, 0.717) is 0 Å². The number of guanidine groups is 1. The number of likely N-dealkylation sites (N-methyl/N-ethyl adjacent to an activating group) is 1. The predicted molar refractivity (Wildman–Crippen MR) is 143 cm³/mol. The van der Waals surface area contributed by atoms with Crippen LogP contribution in [0.5, 0.6) is 5.75 Å². The molecule has 1 saturated heterocycles. The first kappa shape index (κ1) is 26.2. The molecule has 2 aromatic rings. The molecule has 0 amide bonds. The number of ether oxygens (including phenoxy) is 1. The van der Waals surface area contributed by atoms with Crippen molar-refractivity contribution in [3.05, 3.63) is 54.2 Å². The third-order valence-corrected chi connectivity index (χ3v) is 5.71. The average molecular weight is 553 g/mol. The Balaban J connectivity index is 0.00000363. The fraction of sp³-hybridized carbons (Fsp3) is 0.500. The minimum absolute atomic E-state index is 0. The lowest BCUT2D eigenvalue weighted by Gasteiger charge is -2.37. The molecule has 0 aliphatic carbocycles. The summed E-state index contributed by atoms with van der Waals surface area (Å²) in [4.78, 5) is 15.9. The van der Waals surface area contributed by atoms with Gasteiger partial charge in [-0.15, -0.1) is 24.0 Å². The second kappa shape index (κ2) is 14.2. The molecule has 3 rings (SSSR count). The van der Waals surface area contributed by atoms with Crippen LogP contribution in [0.25, 0.3) is 0 Å². The zero-order chi connectivity index (χ0) is 21.9. The molecule has 1 aliphatic rings. The van der Waals surface area contributed by atoms with Gasteiger partial charge in [0.05, 0.1) is 0 Å². The fourth-order valence-electron chi connectivity index (χ4n) is 3.74. The number of aliphatic imine (C=N–C) groups is 1. The quantitative estimate of drug-likeness (QED) is 0.293. The van der Waals surface area contributed by atoms with Crippen molar-refractivity contribution in [2.75, 3.05) is 64.4 Å². The summed E-state index contributed by atoms with van der Waals surface area (Å²) in [5.74, 6) is 2.91. The van der Waals surface area contributed by atoms with Crippen LogP contribution in [-0.2, 0) is 6.54 Å². The molecule has 0 radical (unpaired) electrons. The maximum Gasteiger partial charge on any atom is 0.194 e. The molecular weight excluding hydrogens is 515 g/mol. The Labute approximate surface area is 209 Å². The Hall–Kier alpha value is -2.07. The molecule has 0 saturated carbocycles. The summed E-state index contributed by atoms with van der Waals surface area (Å²) in [6.45, 7) is 12.6. The van der Waals surface area contributed by atoms with E-state index in [1.165, 1.54) is 5.56 Å². The van der Waals surface area contributed by atoms with Gasteiger partial charge in [0, 0.05) is 52.5 Å². The van der Waals surface area contributed by atoms with E-state index in [0.717, 1.165) is 76.5 Å². The molecule has 0 spiro atoms. The van der Waals surface area contributed by atoms with Gasteiger partial charge in [0.1, 0.15) is 18.2 Å². The summed E-state index contributed by atoms with van der Waals surface area (Å²) >= 11 is 0. The van der Waals surface area contributed by atoms with E-state index in [4.69, 9.17) is 4.74 Å². The number of hydrogen-bond acceptors (Lipinski definition) is 5. The van der Waals surface area contributed by atoms with Crippen molar-refractivity contribution in [3.8, 4) is 5.75 Å². The molecule has 176 valence electrons. The van der Waals surface area contributed by atoms with Crippen molar-refractivity contribution < 1.29 is 4.74 Å². The smallest absolute Gasteiger partial charge is 0.194 e. The van der Waals surface area contributed by atoms with Crippen LogP contribution >= 0.6 is 24.0 Å². The van der Waals surface area contributed by atoms with Gasteiger partial charge < -0.3 is 24.8 Å². The average Bonchev–Trinajstić information content (AvgIpc) is 2.84. The largest absolute Gasteiger partial charge is 0.492 e. The minimum atomic E-state index is 0. The second-order valence-electron chi connectivity index (χ2n) is 7.58. The molecule has 0 unspecified atom stereocenters. The number of piperazine rings is 1. The number of aromatic nitrogens is 1. The van der Waals surface area contributed by atoms with E-state index in [-0.39, 0.29) is 24.0 Å². The highest BCUT2D eigenvalue weighted by atomic mass is 127. The molecule has 7 nitrogen and oxygen atoms in total. The standard InChI is InChI=1S/C24H36N6O.HI/c1-4-28(5-2)18-19-31-22-11-9-21(10-12-22)20-27-24(25-3)30-16-14-29(15-17-30)23-8-6-7-13-26-23;/h6-13H,4-5,14-20H2,1-3H3,(H,25,27);1H. The Morgan fingerprint density at radius 3 is 2.38 bits per heavy atom. The number of hydrogen-bond donors (Lipinski definition) is 1. The summed E-state index contributed by atoms with van der Waals surface area (Å²) < 4.78 is 5.88. The molecular formula is C24H37IN6O. The van der Waals surface area contributed by atoms with Crippen molar-refractivity contribution in [2.24, 2.45) is 4.99 Å². The van der Waals surface area contributed by atoms with Crippen molar-refractivity contribution in [1.29, 1.82) is 0 Å². The predicted octanol–water partition coefficient (Wildman–Crippen LogP) is 3.32. The van der Waals surface area contributed by atoms with Gasteiger partial charge in [-0.1, -0.05) is 32.0 Å². The van der Waals surface area contributed by atoms with Gasteiger partial charge in [-0.2, -0.15) is 0 Å². The first-order valence-electron chi connectivity index (χ1n) is 11.3. The van der Waals surface area contributed by atoms with Gasteiger partial charge in [-0.3, -0.25) is 4.99 Å². The Morgan fingerprint density at radius 2 is 1.78 bits per heavy atom. The zero-order valence-electron chi connectivity index (χ0n) is 19.5. The van der Waals surface area contributed by atoms with Gasteiger partial charge in [0.2, 0.25) is 0 Å². The fourth-order valence-corrected chi connectivity index (χ4v) is 3.74. The van der Waals surface area contributed by atoms with Gasteiger partial charge in [0.15, 0.2) is 5.96 Å². The number of halogens is 1. The maximum absolute atomic E-state index is 5.88. The van der Waals surface area contributed by atoms with Crippen LogP contribution < -0.4 is 15.0 Å². The number of pyridine rings is 1. The van der Waals surface area contributed by atoms with Gasteiger partial charge in [-0.25, -0.2) is 4.98 Å². The molecule has 1 N–H and O–H groups in total. The van der Waals surface area contributed by atoms with E-state index < -0.39 is 0 Å². The highest BCUT2D eigenvalue weighted by Gasteiger charge is 2.20. The summed E-state index contributed by atoms with van der Waals surface area (Å²) in [7, 11) is 1.85. The number of nitrogens with zero attached hydrogens (tertiary/aromatic N) is 5. The minimum Gasteiger partial charge on any atom is -0.492 e. The van der Waals surface area contributed by atoms with E-state index in [2.05, 4.69) is 62.0 Å². The lowest BCUT2D eigenvalue weighted by molar-refractivity contribution is 0.223. The lowest BCUT2D eigenvalue weighted by Crippen LogP contribution is -2.52. The van der Waals surface area contributed by atoms with E-state index >= 15 is 0 Å². The third kappa shape index (κ3) is 7.81. The van der Waals surface area contributed by atoms with Gasteiger partial charge >= 0.3 is 0 Å². The third-order valence-electron chi connectivity index (χ3n) is 5.71. The van der Waals surface area contributed by atoms with Gasteiger partial charge in [0.25, 0.3) is 0 Å². The second-order valence-corrected chi connectivity index (χ2v) is 7.58. The Morgan fingerprint density at radius 1 is 1.06 bits per heavy atom. The molecule has 2 heterocycles. The Bertz CT molecular complexity index is 790. The number of rotatable bonds is 9. The van der Waals surface area contributed by atoms with Gasteiger partial charge in [-0.05, 0) is 42.9 Å². The van der Waals surface area contributed by atoms with Crippen molar-refractivity contribution in [3.63, 3.8) is 0 Å². The summed E-state index contributed by atoms with van der Waals surface area (Å²) in [6, 6.07) is 14.4. The molecule has 0 atom stereocenters. The Kier molecular flexibility index (Phi) is 11.6. The first-order chi connectivity index (χ1) is 15.2. The normalized spacial score (nSPS) is 14.3. The highest BCUT2D eigenvalue weighted by Crippen LogP contribution is 2.14. The van der Waals surface area contributed by atoms with Crippen molar-refractivity contribution >= 4 is 35.8 Å². The summed E-state index contributed by atoms with van der Waals surface area (Å²) in [5, 5.41) is 3.50. The molecule has 32 heavy (non-hydrogen) atoms. The molecule has 0 bridgehead atoms. The van der Waals surface area contributed by atoms with Crippen LogP contribution in [0.3, 0.4) is 0 Å². The van der Waals surface area contributed by atoms with Crippen molar-refractivity contribution in [1.82, 2.24) is 20.1 Å². The SMILES string of the molecule is CCN(CC)CCOc1ccc(CNC(=NC)N2CCN(c3ccccn3)CC2)cc1.I. The topological polar surface area (TPSA) is 56.2 Å². The van der Waals surface area contributed by atoms with E-state index in [1.54, 1.807) is 0 Å². The van der Waals surface area contributed by atoms with Crippen molar-refractivity contribution in [2.45, 2.75) is 20.4 Å². The van der Waals surface area contributed by atoms with Crippen LogP contribution in [-0.4, -0.2) is 80.2 Å². The molecule has 1 fully saturated rings. The van der Waals surface area contributed by atoms with Crippen LogP contribution in [0.2, 0.25) is 0 Å². The highest BCUT2D eigenvalue weighted by molar-refractivity contribution is 14.0. The number of anilines is 1. The number of benzene rings is 1. The zero-order valence-corrected chi connectivity index (χ0v) is 21.9. The monoisotopic (exact) mass is 552 g/mol. The van der Waals surface area contributed by atoms with Crippen LogP contribution in [0.15, 0.2) is 53.7 Å². The van der Waals surface area contributed by atoms with E-state index in [1.807, 2.05) is 37.5 Å². The van der Waals surface area contributed by atoms with Crippen LogP contribution in [0, 0.1) is 0 Å². The molecule has 8 heteroatoms. The van der Waals surface area contributed by atoms with E-state index in [9.17, 15) is 0 Å².